The molecule has 0 saturated carbocycles. The summed E-state index contributed by atoms with van der Waals surface area (Å²) in [6, 6.07) is 6.10. The molecule has 9 heterocycles. The van der Waals surface area contributed by atoms with Crippen LogP contribution in [0.25, 0.3) is 10.9 Å². The van der Waals surface area contributed by atoms with Gasteiger partial charge in [-0.3, -0.25) is 39.0 Å². The van der Waals surface area contributed by atoms with Crippen LogP contribution in [-0.4, -0.2) is 135 Å². The molecule has 0 aliphatic carbocycles. The first-order valence-electron chi connectivity index (χ1n) is 22.1. The number of halogens is 1. The Morgan fingerprint density at radius 1 is 0.855 bits per heavy atom. The lowest BCUT2D eigenvalue weighted by molar-refractivity contribution is -0.136. The maximum absolute atomic E-state index is 15.8. The second-order valence-corrected chi connectivity index (χ2v) is 18.0. The fourth-order valence-electron chi connectivity index (χ4n) is 10.5. The Labute approximate surface area is 359 Å². The molecule has 5 fully saturated rings. The van der Waals surface area contributed by atoms with E-state index in [2.05, 4.69) is 54.9 Å². The number of piperidine rings is 3. The Bertz CT molecular complexity index is 2410. The third-order valence-corrected chi connectivity index (χ3v) is 13.9. The van der Waals surface area contributed by atoms with Crippen molar-refractivity contribution in [2.45, 2.75) is 95.5 Å². The van der Waals surface area contributed by atoms with Gasteiger partial charge in [0.25, 0.3) is 11.8 Å². The Morgan fingerprint density at radius 3 is 2.26 bits per heavy atom. The summed E-state index contributed by atoms with van der Waals surface area (Å²) in [7, 11) is 1.77. The first-order chi connectivity index (χ1) is 30.0. The number of nitrogens with zero attached hydrogens (tertiary/aromatic N) is 10. The molecule has 3 unspecified atom stereocenters. The van der Waals surface area contributed by atoms with E-state index in [0.717, 1.165) is 98.9 Å². The van der Waals surface area contributed by atoms with Crippen LogP contribution in [0.3, 0.4) is 0 Å². The number of imide groups is 2. The maximum atomic E-state index is 15.8. The number of fused-ring (bicyclic) bond motifs is 4. The van der Waals surface area contributed by atoms with E-state index < -0.39 is 35.5 Å². The number of amides is 4. The average Bonchev–Trinajstić information content (AvgIpc) is 3.84. The van der Waals surface area contributed by atoms with E-state index in [1.165, 1.54) is 6.07 Å². The van der Waals surface area contributed by atoms with Gasteiger partial charge in [-0.25, -0.2) is 14.4 Å². The van der Waals surface area contributed by atoms with Crippen LogP contribution in [0.2, 0.25) is 0 Å². The summed E-state index contributed by atoms with van der Waals surface area (Å²) >= 11 is 0. The monoisotopic (exact) mass is 848 g/mol. The van der Waals surface area contributed by atoms with Crippen molar-refractivity contribution in [3.05, 3.63) is 53.6 Å². The molecule has 6 aliphatic rings. The molecule has 5 saturated heterocycles. The van der Waals surface area contributed by atoms with E-state index in [1.54, 1.807) is 13.3 Å². The van der Waals surface area contributed by atoms with Crippen molar-refractivity contribution in [3.8, 4) is 0 Å². The average molecular weight is 849 g/mol. The van der Waals surface area contributed by atoms with Gasteiger partial charge in [0.05, 0.1) is 33.8 Å². The van der Waals surface area contributed by atoms with Gasteiger partial charge in [-0.05, 0) is 82.9 Å². The number of ether oxygens (including phenoxy) is 1. The van der Waals surface area contributed by atoms with Crippen LogP contribution in [0.15, 0.2) is 36.7 Å². The van der Waals surface area contributed by atoms with E-state index in [9.17, 15) is 19.2 Å². The summed E-state index contributed by atoms with van der Waals surface area (Å²) in [5.41, 5.74) is 1.38. The van der Waals surface area contributed by atoms with Gasteiger partial charge in [-0.2, -0.15) is 10.1 Å². The highest BCUT2D eigenvalue weighted by Crippen LogP contribution is 2.39. The zero-order chi connectivity index (χ0) is 42.8. The fourth-order valence-corrected chi connectivity index (χ4v) is 10.5. The number of carbonyl (C=O) groups is 4. The number of benzene rings is 1. The number of rotatable bonds is 10. The van der Waals surface area contributed by atoms with Crippen LogP contribution in [0.5, 0.6) is 0 Å². The lowest BCUT2D eigenvalue weighted by atomic mass is 9.94. The van der Waals surface area contributed by atoms with Gasteiger partial charge in [-0.15, -0.1) is 0 Å². The molecular weight excluding hydrogens is 796 g/mol. The lowest BCUT2D eigenvalue weighted by Crippen LogP contribution is -2.55. The molecule has 6 aliphatic heterocycles. The van der Waals surface area contributed by atoms with Gasteiger partial charge in [0, 0.05) is 95.9 Å². The minimum absolute atomic E-state index is 0.0251. The quantitative estimate of drug-likeness (QED) is 0.217. The van der Waals surface area contributed by atoms with Crippen molar-refractivity contribution in [3.63, 3.8) is 0 Å². The maximum Gasteiger partial charge on any atom is 0.262 e. The molecule has 3 aromatic heterocycles. The molecule has 4 amide bonds. The molecule has 0 spiro atoms. The highest BCUT2D eigenvalue weighted by Gasteiger charge is 2.47. The number of hydrogen-bond acceptors (Lipinski definition) is 14. The Morgan fingerprint density at radius 2 is 1.56 bits per heavy atom. The van der Waals surface area contributed by atoms with Gasteiger partial charge >= 0.3 is 0 Å². The highest BCUT2D eigenvalue weighted by molar-refractivity contribution is 6.23. The Balaban J connectivity index is 0.774. The van der Waals surface area contributed by atoms with E-state index in [1.807, 2.05) is 17.2 Å². The SMILES string of the molecule is COC1CCN(c2nccc(Nc3cc4c(cn3)c(N3CCC(CN5C6CCC5CN(c5cc7c(cc5F)C(=O)N(C5CCC(=O)NC5=O)C7=O)C6)CC3)nn4C(C)C)n2)CC1. The summed E-state index contributed by atoms with van der Waals surface area (Å²) in [5.74, 6) is 0.537. The van der Waals surface area contributed by atoms with Crippen molar-refractivity contribution in [1.82, 2.24) is 39.8 Å². The zero-order valence-corrected chi connectivity index (χ0v) is 35.4. The molecule has 10 rings (SSSR count). The summed E-state index contributed by atoms with van der Waals surface area (Å²) in [5, 5.41) is 11.8. The predicted molar refractivity (Wildman–Crippen MR) is 229 cm³/mol. The molecule has 2 N–H and O–H groups in total. The Kier molecular flexibility index (Phi) is 10.5. The van der Waals surface area contributed by atoms with Crippen molar-refractivity contribution < 1.29 is 28.3 Å². The van der Waals surface area contributed by atoms with Gasteiger partial charge in [-0.1, -0.05) is 0 Å². The third kappa shape index (κ3) is 7.29. The number of pyridine rings is 1. The van der Waals surface area contributed by atoms with Crippen LogP contribution in [0.1, 0.15) is 92.0 Å². The first-order valence-corrected chi connectivity index (χ1v) is 22.1. The Hall–Kier alpha value is -5.75. The van der Waals surface area contributed by atoms with E-state index in [-0.39, 0.29) is 48.2 Å². The number of piperazine rings is 1. The molecule has 18 heteroatoms. The first kappa shape index (κ1) is 40.3. The van der Waals surface area contributed by atoms with E-state index in [0.29, 0.717) is 42.3 Å². The second kappa shape index (κ2) is 16.2. The predicted octanol–water partition coefficient (Wildman–Crippen LogP) is 4.27. The number of aromatic nitrogens is 5. The van der Waals surface area contributed by atoms with Crippen molar-refractivity contribution in [2.75, 3.05) is 72.9 Å². The van der Waals surface area contributed by atoms with Crippen LogP contribution in [-0.2, 0) is 14.3 Å². The molecule has 3 atom stereocenters. The standard InChI is InChI=1S/C44H53FN12O5/c1-25(2)57-35-20-38(48-37-8-13-46-44(49-37)53-16-11-29(62-3)12-17-53)47-21-32(35)40(51-57)52-14-9-26(10-15-52)22-55-27-4-5-28(55)24-54(23-27)36-19-31-30(18-33(36)45)42(60)56(43(31)61)34-6-7-39(58)50-41(34)59/h8,13,18-21,25-29,34H,4-7,9-12,14-17,22-24H2,1-3H3,(H,50,58,59)(H,46,47,48,49). The van der Waals surface area contributed by atoms with Gasteiger partial charge in [0.15, 0.2) is 5.82 Å². The molecule has 1 aromatic carbocycles. The third-order valence-electron chi connectivity index (χ3n) is 13.9. The largest absolute Gasteiger partial charge is 0.381 e. The van der Waals surface area contributed by atoms with Crippen LogP contribution >= 0.6 is 0 Å². The number of anilines is 5. The second-order valence-electron chi connectivity index (χ2n) is 18.0. The number of nitrogens with one attached hydrogen (secondary N) is 2. The fraction of sp³-hybridized carbons (Fsp3) is 0.545. The minimum atomic E-state index is -1.09. The molecule has 4 aromatic rings. The summed E-state index contributed by atoms with van der Waals surface area (Å²) < 4.78 is 23.4. The molecule has 62 heavy (non-hydrogen) atoms. The van der Waals surface area contributed by atoms with E-state index >= 15 is 4.39 Å². The van der Waals surface area contributed by atoms with Crippen LogP contribution in [0.4, 0.5) is 33.5 Å². The molecule has 326 valence electrons. The van der Waals surface area contributed by atoms with E-state index in [4.69, 9.17) is 19.8 Å². The van der Waals surface area contributed by atoms with Crippen LogP contribution < -0.4 is 25.3 Å². The number of hydrogen-bond donors (Lipinski definition) is 2. The molecule has 2 bridgehead atoms. The molecule has 17 nitrogen and oxygen atoms in total. The molecule has 0 radical (unpaired) electrons. The van der Waals surface area contributed by atoms with Gasteiger partial charge in [0.1, 0.15) is 23.5 Å². The zero-order valence-electron chi connectivity index (χ0n) is 35.4. The highest BCUT2D eigenvalue weighted by atomic mass is 19.1. The normalized spacial score (nSPS) is 23.9. The summed E-state index contributed by atoms with van der Waals surface area (Å²) in [6.07, 6.45) is 10.0. The minimum Gasteiger partial charge on any atom is -0.381 e. The van der Waals surface area contributed by atoms with Crippen LogP contribution in [0, 0.1) is 11.7 Å². The number of carbonyl (C=O) groups excluding carboxylic acids is 4. The topological polar surface area (TPSA) is 174 Å². The smallest absolute Gasteiger partial charge is 0.262 e. The van der Waals surface area contributed by atoms with Crippen molar-refractivity contribution >= 4 is 63.6 Å². The summed E-state index contributed by atoms with van der Waals surface area (Å²) in [6.45, 7) is 9.99. The summed E-state index contributed by atoms with van der Waals surface area (Å²) in [4.78, 5) is 75.3. The molecular formula is C44H53FN12O5. The number of methoxy groups -OCH3 is 1. The van der Waals surface area contributed by atoms with Crippen molar-refractivity contribution in [2.24, 2.45) is 5.92 Å². The van der Waals surface area contributed by atoms with Gasteiger partial charge in [0.2, 0.25) is 17.8 Å². The van der Waals surface area contributed by atoms with Crippen molar-refractivity contribution in [1.29, 1.82) is 0 Å². The van der Waals surface area contributed by atoms with Gasteiger partial charge < -0.3 is 24.8 Å². The lowest BCUT2D eigenvalue weighted by Gasteiger charge is -2.44.